The highest BCUT2D eigenvalue weighted by Crippen LogP contribution is 2.23. The molecule has 0 saturated carbocycles. The highest BCUT2D eigenvalue weighted by Gasteiger charge is 2.18. The van der Waals surface area contributed by atoms with Gasteiger partial charge in [0.2, 0.25) is 0 Å². The average Bonchev–Trinajstić information content (AvgIpc) is 2.03. The summed E-state index contributed by atoms with van der Waals surface area (Å²) in [5, 5.41) is 9.51. The van der Waals surface area contributed by atoms with Crippen molar-refractivity contribution < 1.29 is 5.11 Å². The summed E-state index contributed by atoms with van der Waals surface area (Å²) in [5.41, 5.74) is 0. The van der Waals surface area contributed by atoms with Crippen LogP contribution in [-0.4, -0.2) is 11.2 Å². The van der Waals surface area contributed by atoms with Gasteiger partial charge in [0.25, 0.3) is 0 Å². The van der Waals surface area contributed by atoms with E-state index in [-0.39, 0.29) is 6.10 Å². The fourth-order valence-electron chi connectivity index (χ4n) is 1.50. The van der Waals surface area contributed by atoms with Gasteiger partial charge in [-0.15, -0.1) is 6.58 Å². The molecule has 0 heterocycles. The van der Waals surface area contributed by atoms with Gasteiger partial charge in [0.05, 0.1) is 6.10 Å². The molecule has 0 aromatic heterocycles. The van der Waals surface area contributed by atoms with Crippen molar-refractivity contribution in [2.24, 2.45) is 5.92 Å². The highest BCUT2D eigenvalue weighted by molar-refractivity contribution is 4.95. The molecule has 1 rings (SSSR count). The van der Waals surface area contributed by atoms with Crippen molar-refractivity contribution in [2.45, 2.75) is 31.8 Å². The molecule has 0 aliphatic heterocycles. The second-order valence-electron chi connectivity index (χ2n) is 3.14. The summed E-state index contributed by atoms with van der Waals surface area (Å²) in [6, 6.07) is 0. The first-order valence-electron chi connectivity index (χ1n) is 4.28. The van der Waals surface area contributed by atoms with E-state index in [1.54, 1.807) is 0 Å². The summed E-state index contributed by atoms with van der Waals surface area (Å²) >= 11 is 0. The van der Waals surface area contributed by atoms with Crippen LogP contribution in [-0.2, 0) is 0 Å². The van der Waals surface area contributed by atoms with Gasteiger partial charge in [-0.25, -0.2) is 0 Å². The molecule has 0 unspecified atom stereocenters. The Bertz CT molecular complexity index is 149. The number of rotatable bonds is 3. The Kier molecular flexibility index (Phi) is 3.37. The highest BCUT2D eigenvalue weighted by atomic mass is 16.3. The van der Waals surface area contributed by atoms with Crippen LogP contribution >= 0.6 is 0 Å². The number of aliphatic hydroxyl groups is 1. The van der Waals surface area contributed by atoms with E-state index >= 15 is 0 Å². The van der Waals surface area contributed by atoms with Gasteiger partial charge in [0, 0.05) is 0 Å². The molecule has 0 amide bonds. The third-order valence-corrected chi connectivity index (χ3v) is 2.27. The van der Waals surface area contributed by atoms with Gasteiger partial charge in [0.1, 0.15) is 0 Å². The van der Waals surface area contributed by atoms with Crippen LogP contribution in [0.2, 0.25) is 0 Å². The van der Waals surface area contributed by atoms with E-state index in [2.05, 4.69) is 18.7 Å². The lowest BCUT2D eigenvalue weighted by molar-refractivity contribution is 0.101. The zero-order chi connectivity index (χ0) is 8.10. The monoisotopic (exact) mass is 152 g/mol. The third kappa shape index (κ3) is 2.51. The summed E-state index contributed by atoms with van der Waals surface area (Å²) in [6.45, 7) is 3.67. The summed E-state index contributed by atoms with van der Waals surface area (Å²) in [6.07, 6.45) is 10.0. The molecule has 1 aliphatic carbocycles. The molecule has 0 aromatic carbocycles. The molecule has 0 fully saturated rings. The van der Waals surface area contributed by atoms with Gasteiger partial charge in [-0.2, -0.15) is 0 Å². The van der Waals surface area contributed by atoms with E-state index in [0.29, 0.717) is 5.92 Å². The topological polar surface area (TPSA) is 20.2 Å². The van der Waals surface area contributed by atoms with Crippen LogP contribution in [0.3, 0.4) is 0 Å². The van der Waals surface area contributed by atoms with Gasteiger partial charge >= 0.3 is 0 Å². The minimum atomic E-state index is -0.111. The van der Waals surface area contributed by atoms with E-state index in [1.807, 2.05) is 6.08 Å². The van der Waals surface area contributed by atoms with Crippen LogP contribution in [0.1, 0.15) is 25.7 Å². The first-order valence-corrected chi connectivity index (χ1v) is 4.28. The quantitative estimate of drug-likeness (QED) is 0.615. The van der Waals surface area contributed by atoms with Crippen molar-refractivity contribution in [1.82, 2.24) is 0 Å². The van der Waals surface area contributed by atoms with Gasteiger partial charge in [-0.3, -0.25) is 0 Å². The van der Waals surface area contributed by atoms with Gasteiger partial charge < -0.3 is 5.11 Å². The molecular formula is C10H16O. The molecule has 0 bridgehead atoms. The smallest absolute Gasteiger partial charge is 0.0605 e. The van der Waals surface area contributed by atoms with Crippen molar-refractivity contribution in [2.75, 3.05) is 0 Å². The zero-order valence-corrected chi connectivity index (χ0v) is 6.87. The zero-order valence-electron chi connectivity index (χ0n) is 6.87. The Morgan fingerprint density at radius 2 is 2.18 bits per heavy atom. The Labute approximate surface area is 68.4 Å². The number of aliphatic hydroxyl groups excluding tert-OH is 1. The number of hydrogen-bond acceptors (Lipinski definition) is 1. The average molecular weight is 152 g/mol. The second-order valence-corrected chi connectivity index (χ2v) is 3.14. The number of allylic oxidation sites excluding steroid dienone is 2. The van der Waals surface area contributed by atoms with Gasteiger partial charge in [-0.1, -0.05) is 18.2 Å². The molecule has 0 radical (unpaired) electrons. The molecule has 0 saturated heterocycles. The fourth-order valence-corrected chi connectivity index (χ4v) is 1.50. The van der Waals surface area contributed by atoms with E-state index in [9.17, 15) is 5.11 Å². The lowest BCUT2D eigenvalue weighted by Crippen LogP contribution is -2.21. The molecule has 62 valence electrons. The SMILES string of the molecule is C=CCC[C@@H]1CC=CC[C@@H]1O. The lowest BCUT2D eigenvalue weighted by Gasteiger charge is -2.23. The minimum Gasteiger partial charge on any atom is -0.393 e. The van der Waals surface area contributed by atoms with Crippen LogP contribution in [0.4, 0.5) is 0 Å². The lowest BCUT2D eigenvalue weighted by atomic mass is 9.88. The maximum atomic E-state index is 9.51. The molecule has 1 aliphatic rings. The van der Waals surface area contributed by atoms with E-state index in [0.717, 1.165) is 25.7 Å². The molecular weight excluding hydrogens is 136 g/mol. The van der Waals surface area contributed by atoms with Crippen molar-refractivity contribution in [3.8, 4) is 0 Å². The van der Waals surface area contributed by atoms with Crippen molar-refractivity contribution in [1.29, 1.82) is 0 Å². The summed E-state index contributed by atoms with van der Waals surface area (Å²) in [7, 11) is 0. The Hall–Kier alpha value is -0.560. The predicted octanol–water partition coefficient (Wildman–Crippen LogP) is 2.28. The van der Waals surface area contributed by atoms with E-state index in [4.69, 9.17) is 0 Å². The van der Waals surface area contributed by atoms with Gasteiger partial charge in [-0.05, 0) is 31.6 Å². The maximum absolute atomic E-state index is 9.51. The van der Waals surface area contributed by atoms with Crippen molar-refractivity contribution in [3.63, 3.8) is 0 Å². The largest absolute Gasteiger partial charge is 0.393 e. The minimum absolute atomic E-state index is 0.111. The van der Waals surface area contributed by atoms with Crippen LogP contribution in [0.5, 0.6) is 0 Å². The summed E-state index contributed by atoms with van der Waals surface area (Å²) in [5.74, 6) is 0.470. The molecule has 0 aromatic rings. The normalized spacial score (nSPS) is 30.3. The summed E-state index contributed by atoms with van der Waals surface area (Å²) < 4.78 is 0. The first-order chi connectivity index (χ1) is 5.34. The molecule has 2 atom stereocenters. The van der Waals surface area contributed by atoms with Crippen molar-refractivity contribution in [3.05, 3.63) is 24.8 Å². The fraction of sp³-hybridized carbons (Fsp3) is 0.600. The second kappa shape index (κ2) is 4.35. The van der Waals surface area contributed by atoms with Crippen molar-refractivity contribution >= 4 is 0 Å². The van der Waals surface area contributed by atoms with Crippen LogP contribution in [0.15, 0.2) is 24.8 Å². The third-order valence-electron chi connectivity index (χ3n) is 2.27. The molecule has 1 N–H and O–H groups in total. The Morgan fingerprint density at radius 3 is 2.82 bits per heavy atom. The Morgan fingerprint density at radius 1 is 1.45 bits per heavy atom. The molecule has 0 spiro atoms. The summed E-state index contributed by atoms with van der Waals surface area (Å²) in [4.78, 5) is 0. The standard InChI is InChI=1S/C10H16O/c1-2-3-6-9-7-4-5-8-10(9)11/h2,4-5,9-11H,1,3,6-8H2/t9-,10+/m1/s1. The number of hydrogen-bond donors (Lipinski definition) is 1. The molecule has 11 heavy (non-hydrogen) atoms. The predicted molar refractivity (Wildman–Crippen MR) is 47.3 cm³/mol. The molecule has 1 heteroatoms. The first kappa shape index (κ1) is 8.54. The van der Waals surface area contributed by atoms with E-state index in [1.165, 1.54) is 0 Å². The Balaban J connectivity index is 2.31. The van der Waals surface area contributed by atoms with Crippen LogP contribution in [0, 0.1) is 5.92 Å². The molecule has 1 nitrogen and oxygen atoms in total. The van der Waals surface area contributed by atoms with E-state index < -0.39 is 0 Å². The maximum Gasteiger partial charge on any atom is 0.0605 e. The van der Waals surface area contributed by atoms with Crippen LogP contribution in [0.25, 0.3) is 0 Å². The van der Waals surface area contributed by atoms with Crippen LogP contribution < -0.4 is 0 Å². The van der Waals surface area contributed by atoms with Gasteiger partial charge in [0.15, 0.2) is 0 Å².